The molecule has 0 radical (unpaired) electrons. The summed E-state index contributed by atoms with van der Waals surface area (Å²) in [5.41, 5.74) is 12.1. The van der Waals surface area contributed by atoms with Gasteiger partial charge in [-0.15, -0.1) is 0 Å². The van der Waals surface area contributed by atoms with Gasteiger partial charge in [0.15, 0.2) is 0 Å². The maximum Gasteiger partial charge on any atom is 0.141 e. The molecule has 0 bridgehead atoms. The molecule has 11 aromatic rings. The van der Waals surface area contributed by atoms with Crippen LogP contribution in [0.2, 0.25) is 0 Å². The molecule has 0 spiro atoms. The lowest BCUT2D eigenvalue weighted by Crippen LogP contribution is -1.97. The van der Waals surface area contributed by atoms with Crippen molar-refractivity contribution in [2.45, 2.75) is 20.4 Å². The summed E-state index contributed by atoms with van der Waals surface area (Å²) < 4.78 is 2.29. The molecule has 264 valence electrons. The quantitative estimate of drug-likeness (QED) is 0.162. The molecular weight excluding hydrogens is 677 g/mol. The van der Waals surface area contributed by atoms with Crippen LogP contribution < -0.4 is 0 Å². The Balaban J connectivity index is 0.952. The third-order valence-electron chi connectivity index (χ3n) is 11.9. The molecular formula is C54H38N2. The Labute approximate surface area is 325 Å². The van der Waals surface area contributed by atoms with Gasteiger partial charge in [-0.25, -0.2) is 4.98 Å². The van der Waals surface area contributed by atoms with E-state index in [2.05, 4.69) is 200 Å². The Morgan fingerprint density at radius 3 is 1.64 bits per heavy atom. The first kappa shape index (κ1) is 32.4. The summed E-state index contributed by atoms with van der Waals surface area (Å²) in [7, 11) is 0. The molecule has 1 aromatic heterocycles. The van der Waals surface area contributed by atoms with E-state index in [1.165, 1.54) is 98.3 Å². The van der Waals surface area contributed by atoms with Gasteiger partial charge in [0, 0.05) is 12.1 Å². The van der Waals surface area contributed by atoms with E-state index in [-0.39, 0.29) is 0 Å². The Bertz CT molecular complexity index is 3350. The van der Waals surface area contributed by atoms with Gasteiger partial charge in [-0.3, -0.25) is 0 Å². The smallest absolute Gasteiger partial charge is 0.141 e. The number of imidazole rings is 1. The average Bonchev–Trinajstić information content (AvgIpc) is 3.64. The lowest BCUT2D eigenvalue weighted by atomic mass is 9.88. The zero-order chi connectivity index (χ0) is 37.3. The first-order valence-corrected chi connectivity index (χ1v) is 19.6. The highest BCUT2D eigenvalue weighted by Crippen LogP contribution is 2.42. The first-order chi connectivity index (χ1) is 27.6. The highest BCUT2D eigenvalue weighted by atomic mass is 15.1. The highest BCUT2D eigenvalue weighted by molar-refractivity contribution is 6.21. The Kier molecular flexibility index (Phi) is 7.40. The predicted molar refractivity (Wildman–Crippen MR) is 239 cm³/mol. The van der Waals surface area contributed by atoms with Crippen LogP contribution in [-0.2, 0) is 6.54 Å². The molecule has 0 aliphatic heterocycles. The normalized spacial score (nSPS) is 11.8. The van der Waals surface area contributed by atoms with E-state index in [0.29, 0.717) is 0 Å². The molecule has 10 aromatic carbocycles. The molecule has 0 saturated heterocycles. The number of rotatable bonds is 5. The summed E-state index contributed by atoms with van der Waals surface area (Å²) >= 11 is 0. The zero-order valence-electron chi connectivity index (χ0n) is 31.4. The third kappa shape index (κ3) is 5.14. The molecule has 0 fully saturated rings. The van der Waals surface area contributed by atoms with E-state index in [0.717, 1.165) is 23.4 Å². The second-order valence-electron chi connectivity index (χ2n) is 15.1. The lowest BCUT2D eigenvalue weighted by molar-refractivity contribution is 0.796. The Morgan fingerprint density at radius 2 is 0.929 bits per heavy atom. The fraction of sp³-hybridized carbons (Fsp3) is 0.0556. The molecule has 2 nitrogen and oxygen atoms in total. The summed E-state index contributed by atoms with van der Waals surface area (Å²) in [6.07, 6.45) is 0. The van der Waals surface area contributed by atoms with Crippen LogP contribution >= 0.6 is 0 Å². The van der Waals surface area contributed by atoms with Crippen molar-refractivity contribution in [1.82, 2.24) is 9.55 Å². The summed E-state index contributed by atoms with van der Waals surface area (Å²) in [6, 6.07) is 67.1. The summed E-state index contributed by atoms with van der Waals surface area (Å²) in [4.78, 5) is 4.96. The second-order valence-corrected chi connectivity index (χ2v) is 15.1. The Morgan fingerprint density at radius 1 is 0.411 bits per heavy atom. The van der Waals surface area contributed by atoms with Gasteiger partial charge in [-0.2, -0.15) is 0 Å². The standard InChI is InChI=1S/C54H38N2/c1-3-56-50-16-5-4-15-49(50)55-54(56)39-22-17-35(18-23-39)40-24-25-42-32-43(27-26-41(42)31-40)44-29-30-46-45(33-44)28-21-37-11-7-13-47(52(37)46)48-14-8-12-38-20-19-36-10-6-9-34(2)51(36)53(38)48/h4-33H,3H2,1-2H3. The van der Waals surface area contributed by atoms with Crippen LogP contribution in [0, 0.1) is 6.92 Å². The van der Waals surface area contributed by atoms with Crippen molar-refractivity contribution in [3.63, 3.8) is 0 Å². The first-order valence-electron chi connectivity index (χ1n) is 19.6. The van der Waals surface area contributed by atoms with Gasteiger partial charge in [-0.05, 0) is 137 Å². The summed E-state index contributed by atoms with van der Waals surface area (Å²) in [6.45, 7) is 5.29. The van der Waals surface area contributed by atoms with Crippen LogP contribution in [0.1, 0.15) is 12.5 Å². The molecule has 11 rings (SSSR count). The molecule has 1 heterocycles. The van der Waals surface area contributed by atoms with Crippen LogP contribution in [0.15, 0.2) is 182 Å². The summed E-state index contributed by atoms with van der Waals surface area (Å²) in [5, 5.41) is 12.8. The number of benzene rings is 10. The number of aryl methyl sites for hydroxylation is 2. The van der Waals surface area contributed by atoms with Gasteiger partial charge < -0.3 is 4.57 Å². The van der Waals surface area contributed by atoms with Crippen molar-refractivity contribution in [2.75, 3.05) is 0 Å². The third-order valence-corrected chi connectivity index (χ3v) is 11.9. The van der Waals surface area contributed by atoms with Crippen molar-refractivity contribution >= 4 is 64.9 Å². The minimum atomic E-state index is 0.880. The molecule has 0 unspecified atom stereocenters. The molecule has 2 heteroatoms. The van der Waals surface area contributed by atoms with E-state index in [4.69, 9.17) is 4.98 Å². The molecule has 0 saturated carbocycles. The Hall–Kier alpha value is -7.03. The van der Waals surface area contributed by atoms with Crippen LogP contribution in [0.3, 0.4) is 0 Å². The highest BCUT2D eigenvalue weighted by Gasteiger charge is 2.15. The van der Waals surface area contributed by atoms with Crippen molar-refractivity contribution < 1.29 is 0 Å². The predicted octanol–water partition coefficient (Wildman–Crippen LogP) is 14.8. The van der Waals surface area contributed by atoms with E-state index in [9.17, 15) is 0 Å². The fourth-order valence-electron chi connectivity index (χ4n) is 9.12. The van der Waals surface area contributed by atoms with Crippen molar-refractivity contribution in [3.8, 4) is 44.8 Å². The maximum absolute atomic E-state index is 4.96. The van der Waals surface area contributed by atoms with Gasteiger partial charge in [0.05, 0.1) is 11.0 Å². The monoisotopic (exact) mass is 714 g/mol. The molecule has 0 amide bonds. The number of hydrogen-bond acceptors (Lipinski definition) is 1. The van der Waals surface area contributed by atoms with Gasteiger partial charge in [0.2, 0.25) is 0 Å². The molecule has 0 aliphatic rings. The van der Waals surface area contributed by atoms with Crippen LogP contribution in [-0.4, -0.2) is 9.55 Å². The zero-order valence-corrected chi connectivity index (χ0v) is 31.4. The molecule has 0 aliphatic carbocycles. The number of nitrogens with zero attached hydrogens (tertiary/aromatic N) is 2. The van der Waals surface area contributed by atoms with Gasteiger partial charge in [0.25, 0.3) is 0 Å². The van der Waals surface area contributed by atoms with Gasteiger partial charge in [-0.1, -0.05) is 152 Å². The van der Waals surface area contributed by atoms with Crippen LogP contribution in [0.4, 0.5) is 0 Å². The molecule has 0 atom stereocenters. The van der Waals surface area contributed by atoms with Crippen molar-refractivity contribution in [1.29, 1.82) is 0 Å². The van der Waals surface area contributed by atoms with E-state index in [1.807, 2.05) is 0 Å². The average molecular weight is 715 g/mol. The largest absolute Gasteiger partial charge is 0.324 e. The summed E-state index contributed by atoms with van der Waals surface area (Å²) in [5.74, 6) is 1.02. The van der Waals surface area contributed by atoms with Crippen LogP contribution in [0.5, 0.6) is 0 Å². The molecule has 56 heavy (non-hydrogen) atoms. The number of fused-ring (bicyclic) bond motifs is 8. The number of para-hydroxylation sites is 2. The van der Waals surface area contributed by atoms with Crippen molar-refractivity contribution in [2.24, 2.45) is 0 Å². The SMILES string of the molecule is CCn1c(-c2ccc(-c3ccc4cc(-c5ccc6c(ccc7cccc(-c8cccc9ccc%10cccc(C)c%10c89)c76)c5)ccc4c3)cc2)nc2ccccc21. The van der Waals surface area contributed by atoms with Gasteiger partial charge in [0.1, 0.15) is 5.82 Å². The van der Waals surface area contributed by atoms with E-state index in [1.54, 1.807) is 0 Å². The second kappa shape index (κ2) is 12.8. The molecule has 0 N–H and O–H groups in total. The fourth-order valence-corrected chi connectivity index (χ4v) is 9.12. The minimum absolute atomic E-state index is 0.880. The van der Waals surface area contributed by atoms with Crippen molar-refractivity contribution in [3.05, 3.63) is 188 Å². The number of aromatic nitrogens is 2. The van der Waals surface area contributed by atoms with E-state index >= 15 is 0 Å². The van der Waals surface area contributed by atoms with E-state index < -0.39 is 0 Å². The minimum Gasteiger partial charge on any atom is -0.324 e. The maximum atomic E-state index is 4.96. The number of hydrogen-bond donors (Lipinski definition) is 0. The van der Waals surface area contributed by atoms with Gasteiger partial charge >= 0.3 is 0 Å². The lowest BCUT2D eigenvalue weighted by Gasteiger charge is -2.16. The topological polar surface area (TPSA) is 17.8 Å². The van der Waals surface area contributed by atoms with Crippen LogP contribution in [0.25, 0.3) is 110 Å².